The Bertz CT molecular complexity index is 866. The summed E-state index contributed by atoms with van der Waals surface area (Å²) in [5.74, 6) is 1.71. The first-order chi connectivity index (χ1) is 13.3. The molecule has 1 aliphatic rings. The van der Waals surface area contributed by atoms with Crippen LogP contribution in [0.15, 0.2) is 65.9 Å². The minimum Gasteiger partial charge on any atom is -0.356 e. The number of imidazole rings is 1. The molecule has 1 saturated heterocycles. The van der Waals surface area contributed by atoms with E-state index in [-0.39, 0.29) is 0 Å². The Balaban J connectivity index is 1.28. The molecule has 0 amide bonds. The van der Waals surface area contributed by atoms with Gasteiger partial charge in [-0.05, 0) is 36.5 Å². The third kappa shape index (κ3) is 4.30. The summed E-state index contributed by atoms with van der Waals surface area (Å²) in [6.07, 6.45) is 7.40. The van der Waals surface area contributed by atoms with E-state index in [0.717, 1.165) is 49.8 Å². The SMILES string of the molecule is CN=C(NCCc1cn2ccccc2n1)N1CCC(Cc2ccccc2)C1. The third-order valence-corrected chi connectivity index (χ3v) is 5.24. The van der Waals surface area contributed by atoms with Crippen molar-refractivity contribution in [3.63, 3.8) is 0 Å². The second kappa shape index (κ2) is 8.25. The number of nitrogens with zero attached hydrogens (tertiary/aromatic N) is 4. The topological polar surface area (TPSA) is 44.9 Å². The Kier molecular flexibility index (Phi) is 5.37. The molecule has 1 fully saturated rings. The van der Waals surface area contributed by atoms with Crippen LogP contribution >= 0.6 is 0 Å². The lowest BCUT2D eigenvalue weighted by atomic mass is 9.99. The van der Waals surface area contributed by atoms with Crippen molar-refractivity contribution >= 4 is 11.6 Å². The fraction of sp³-hybridized carbons (Fsp3) is 0.364. The molecule has 0 aliphatic carbocycles. The maximum absolute atomic E-state index is 4.66. The van der Waals surface area contributed by atoms with Crippen LogP contribution in [0.1, 0.15) is 17.7 Å². The first kappa shape index (κ1) is 17.6. The molecular weight excluding hydrogens is 334 g/mol. The normalized spacial score (nSPS) is 17.6. The monoisotopic (exact) mass is 361 g/mol. The highest BCUT2D eigenvalue weighted by Crippen LogP contribution is 2.20. The summed E-state index contributed by atoms with van der Waals surface area (Å²) in [5.41, 5.74) is 3.53. The fourth-order valence-corrected chi connectivity index (χ4v) is 3.88. The number of nitrogens with one attached hydrogen (secondary N) is 1. The van der Waals surface area contributed by atoms with E-state index in [1.54, 1.807) is 0 Å². The second-order valence-corrected chi connectivity index (χ2v) is 7.21. The highest BCUT2D eigenvalue weighted by molar-refractivity contribution is 5.80. The Morgan fingerprint density at radius 1 is 1.19 bits per heavy atom. The maximum Gasteiger partial charge on any atom is 0.193 e. The molecule has 1 N–H and O–H groups in total. The van der Waals surface area contributed by atoms with Gasteiger partial charge in [0.15, 0.2) is 5.96 Å². The largest absolute Gasteiger partial charge is 0.356 e. The molecule has 0 saturated carbocycles. The standard InChI is InChI=1S/C22H27N5/c1-23-22(24-12-10-20-17-26-13-6-5-9-21(26)25-20)27-14-11-19(16-27)15-18-7-3-2-4-8-18/h2-9,13,17,19H,10-12,14-16H2,1H3,(H,23,24). The van der Waals surface area contributed by atoms with Crippen molar-refractivity contribution in [1.29, 1.82) is 0 Å². The van der Waals surface area contributed by atoms with Crippen LogP contribution in [0.25, 0.3) is 5.65 Å². The van der Waals surface area contributed by atoms with E-state index in [1.165, 1.54) is 12.0 Å². The van der Waals surface area contributed by atoms with Crippen molar-refractivity contribution in [3.05, 3.63) is 72.2 Å². The van der Waals surface area contributed by atoms with E-state index in [9.17, 15) is 0 Å². The van der Waals surface area contributed by atoms with Crippen LogP contribution in [-0.2, 0) is 12.8 Å². The van der Waals surface area contributed by atoms with E-state index in [0.29, 0.717) is 5.92 Å². The van der Waals surface area contributed by atoms with Crippen molar-refractivity contribution in [1.82, 2.24) is 19.6 Å². The summed E-state index contributed by atoms with van der Waals surface area (Å²) in [7, 11) is 1.87. The molecule has 2 aromatic heterocycles. The van der Waals surface area contributed by atoms with Gasteiger partial charge in [0.1, 0.15) is 5.65 Å². The average Bonchev–Trinajstić information content (AvgIpc) is 3.32. The van der Waals surface area contributed by atoms with Crippen LogP contribution in [0, 0.1) is 5.92 Å². The Morgan fingerprint density at radius 2 is 2.04 bits per heavy atom. The zero-order valence-electron chi connectivity index (χ0n) is 15.9. The molecular formula is C22H27N5. The molecule has 5 nitrogen and oxygen atoms in total. The van der Waals surface area contributed by atoms with Gasteiger partial charge in [0.25, 0.3) is 0 Å². The van der Waals surface area contributed by atoms with Crippen molar-refractivity contribution in [2.24, 2.45) is 10.9 Å². The summed E-state index contributed by atoms with van der Waals surface area (Å²) in [4.78, 5) is 11.5. The minimum absolute atomic E-state index is 0.699. The number of rotatable bonds is 5. The van der Waals surface area contributed by atoms with Gasteiger partial charge in [-0.2, -0.15) is 0 Å². The fourth-order valence-electron chi connectivity index (χ4n) is 3.88. The van der Waals surface area contributed by atoms with Gasteiger partial charge in [-0.1, -0.05) is 36.4 Å². The zero-order valence-corrected chi connectivity index (χ0v) is 15.9. The van der Waals surface area contributed by atoms with Gasteiger partial charge in [0, 0.05) is 45.5 Å². The molecule has 0 bridgehead atoms. The van der Waals surface area contributed by atoms with Gasteiger partial charge >= 0.3 is 0 Å². The molecule has 27 heavy (non-hydrogen) atoms. The Hall–Kier alpha value is -2.82. The lowest BCUT2D eigenvalue weighted by Crippen LogP contribution is -2.41. The first-order valence-electron chi connectivity index (χ1n) is 9.74. The molecule has 3 aromatic rings. The van der Waals surface area contributed by atoms with E-state index >= 15 is 0 Å². The maximum atomic E-state index is 4.66. The summed E-state index contributed by atoms with van der Waals surface area (Å²) >= 11 is 0. The highest BCUT2D eigenvalue weighted by atomic mass is 15.3. The van der Waals surface area contributed by atoms with Crippen LogP contribution in [0.4, 0.5) is 0 Å². The van der Waals surface area contributed by atoms with E-state index in [4.69, 9.17) is 0 Å². The van der Waals surface area contributed by atoms with Crippen LogP contribution in [-0.4, -0.2) is 46.9 Å². The molecule has 1 unspecified atom stereocenters. The Morgan fingerprint density at radius 3 is 2.85 bits per heavy atom. The van der Waals surface area contributed by atoms with Gasteiger partial charge in [-0.3, -0.25) is 4.99 Å². The summed E-state index contributed by atoms with van der Waals surface area (Å²) in [6, 6.07) is 16.9. The zero-order chi connectivity index (χ0) is 18.5. The van der Waals surface area contributed by atoms with Gasteiger partial charge in [-0.25, -0.2) is 4.98 Å². The van der Waals surface area contributed by atoms with E-state index in [1.807, 2.05) is 31.4 Å². The van der Waals surface area contributed by atoms with Gasteiger partial charge in [0.2, 0.25) is 0 Å². The van der Waals surface area contributed by atoms with Crippen LogP contribution in [0.5, 0.6) is 0 Å². The highest BCUT2D eigenvalue weighted by Gasteiger charge is 2.24. The van der Waals surface area contributed by atoms with Gasteiger partial charge < -0.3 is 14.6 Å². The van der Waals surface area contributed by atoms with Crippen molar-refractivity contribution in [2.75, 3.05) is 26.7 Å². The minimum atomic E-state index is 0.699. The Labute approximate surface area is 160 Å². The first-order valence-corrected chi connectivity index (χ1v) is 9.74. The van der Waals surface area contributed by atoms with E-state index < -0.39 is 0 Å². The predicted molar refractivity (Wildman–Crippen MR) is 110 cm³/mol. The molecule has 0 spiro atoms. The molecule has 1 aliphatic heterocycles. The number of aliphatic imine (C=N–C) groups is 1. The summed E-state index contributed by atoms with van der Waals surface area (Å²) < 4.78 is 2.07. The lowest BCUT2D eigenvalue weighted by Gasteiger charge is -2.21. The number of hydrogen-bond donors (Lipinski definition) is 1. The van der Waals surface area contributed by atoms with Crippen molar-refractivity contribution in [2.45, 2.75) is 19.3 Å². The molecule has 140 valence electrons. The van der Waals surface area contributed by atoms with Gasteiger partial charge in [0.05, 0.1) is 5.69 Å². The molecule has 1 aromatic carbocycles. The lowest BCUT2D eigenvalue weighted by molar-refractivity contribution is 0.460. The predicted octanol–water partition coefficient (Wildman–Crippen LogP) is 3.02. The van der Waals surface area contributed by atoms with Crippen LogP contribution in [0.2, 0.25) is 0 Å². The number of guanidine groups is 1. The number of fused-ring (bicyclic) bond motifs is 1. The quantitative estimate of drug-likeness (QED) is 0.561. The molecule has 3 heterocycles. The number of aromatic nitrogens is 2. The number of likely N-dealkylation sites (tertiary alicyclic amines) is 1. The average molecular weight is 361 g/mol. The molecule has 5 heteroatoms. The molecule has 1 atom stereocenters. The molecule has 4 rings (SSSR count). The van der Waals surface area contributed by atoms with Crippen molar-refractivity contribution in [3.8, 4) is 0 Å². The van der Waals surface area contributed by atoms with Crippen LogP contribution < -0.4 is 5.32 Å². The number of pyridine rings is 1. The van der Waals surface area contributed by atoms with Gasteiger partial charge in [-0.15, -0.1) is 0 Å². The number of benzene rings is 1. The van der Waals surface area contributed by atoms with Crippen molar-refractivity contribution < 1.29 is 0 Å². The smallest absolute Gasteiger partial charge is 0.193 e. The number of hydrogen-bond acceptors (Lipinski definition) is 2. The summed E-state index contributed by atoms with van der Waals surface area (Å²) in [5, 5.41) is 3.52. The van der Waals surface area contributed by atoms with E-state index in [2.05, 4.69) is 61.1 Å². The van der Waals surface area contributed by atoms with Crippen LogP contribution in [0.3, 0.4) is 0 Å². The third-order valence-electron chi connectivity index (χ3n) is 5.24. The summed E-state index contributed by atoms with van der Waals surface area (Å²) in [6.45, 7) is 2.99. The molecule has 0 radical (unpaired) electrons. The second-order valence-electron chi connectivity index (χ2n) is 7.21.